The van der Waals surface area contributed by atoms with Crippen molar-refractivity contribution in [1.82, 2.24) is 5.32 Å². The molecule has 2 N–H and O–H groups in total. The average molecular weight is 267 g/mol. The van der Waals surface area contributed by atoms with Gasteiger partial charge in [-0.3, -0.25) is 0 Å². The normalized spacial score (nSPS) is 10.8. The van der Waals surface area contributed by atoms with Crippen molar-refractivity contribution in [2.75, 3.05) is 26.9 Å². The second-order valence-electron chi connectivity index (χ2n) is 4.92. The van der Waals surface area contributed by atoms with Gasteiger partial charge in [0.25, 0.3) is 0 Å². The molecule has 1 rings (SSSR count). The van der Waals surface area contributed by atoms with Crippen LogP contribution < -0.4 is 14.8 Å². The van der Waals surface area contributed by atoms with E-state index in [9.17, 15) is 0 Å². The lowest BCUT2D eigenvalue weighted by Crippen LogP contribution is -2.17. The summed E-state index contributed by atoms with van der Waals surface area (Å²) in [4.78, 5) is 0. The number of hydrogen-bond donors (Lipinski definition) is 2. The van der Waals surface area contributed by atoms with Gasteiger partial charge in [-0.15, -0.1) is 0 Å². The first-order chi connectivity index (χ1) is 9.17. The summed E-state index contributed by atoms with van der Waals surface area (Å²) in [6.07, 6.45) is 1.03. The second kappa shape index (κ2) is 8.77. The molecule has 19 heavy (non-hydrogen) atoms. The number of aliphatic hydroxyl groups is 1. The first kappa shape index (κ1) is 15.8. The quantitative estimate of drug-likeness (QED) is 0.674. The van der Waals surface area contributed by atoms with Gasteiger partial charge >= 0.3 is 0 Å². The van der Waals surface area contributed by atoms with Crippen LogP contribution in [0.15, 0.2) is 18.2 Å². The number of nitrogens with one attached hydrogen (secondary N) is 1. The molecule has 0 aliphatic heterocycles. The lowest BCUT2D eigenvalue weighted by Gasteiger charge is -2.13. The van der Waals surface area contributed by atoms with Gasteiger partial charge in [0.1, 0.15) is 0 Å². The summed E-state index contributed by atoms with van der Waals surface area (Å²) >= 11 is 0. The van der Waals surface area contributed by atoms with Gasteiger partial charge in [-0.2, -0.15) is 0 Å². The topological polar surface area (TPSA) is 50.7 Å². The van der Waals surface area contributed by atoms with Gasteiger partial charge in [0.2, 0.25) is 0 Å². The average Bonchev–Trinajstić information content (AvgIpc) is 2.40. The van der Waals surface area contributed by atoms with Crippen LogP contribution in [-0.4, -0.2) is 32.0 Å². The van der Waals surface area contributed by atoms with E-state index in [-0.39, 0.29) is 6.61 Å². The molecule has 0 saturated carbocycles. The van der Waals surface area contributed by atoms with Crippen molar-refractivity contribution < 1.29 is 14.6 Å². The van der Waals surface area contributed by atoms with Crippen LogP contribution >= 0.6 is 0 Å². The van der Waals surface area contributed by atoms with Crippen molar-refractivity contribution in [3.8, 4) is 11.5 Å². The third-order valence-electron chi connectivity index (χ3n) is 2.80. The van der Waals surface area contributed by atoms with Crippen LogP contribution in [0.25, 0.3) is 0 Å². The lowest BCUT2D eigenvalue weighted by molar-refractivity contribution is 0.272. The molecule has 0 aliphatic rings. The van der Waals surface area contributed by atoms with E-state index in [2.05, 4.69) is 19.2 Å². The summed E-state index contributed by atoms with van der Waals surface area (Å²) in [5, 5.41) is 11.9. The van der Waals surface area contributed by atoms with E-state index in [0.29, 0.717) is 25.6 Å². The van der Waals surface area contributed by atoms with Crippen molar-refractivity contribution in [2.24, 2.45) is 5.92 Å². The van der Waals surface area contributed by atoms with Crippen LogP contribution in [0.1, 0.15) is 25.8 Å². The zero-order valence-electron chi connectivity index (χ0n) is 12.1. The highest BCUT2D eigenvalue weighted by Gasteiger charge is 2.06. The molecular formula is C15H25NO3. The van der Waals surface area contributed by atoms with Crippen LogP contribution in [0.4, 0.5) is 0 Å². The molecule has 1 aromatic rings. The van der Waals surface area contributed by atoms with E-state index in [1.807, 2.05) is 18.2 Å². The maximum Gasteiger partial charge on any atom is 0.161 e. The smallest absolute Gasteiger partial charge is 0.161 e. The van der Waals surface area contributed by atoms with Crippen molar-refractivity contribution in [3.63, 3.8) is 0 Å². The molecule has 4 nitrogen and oxygen atoms in total. The van der Waals surface area contributed by atoms with Gasteiger partial charge < -0.3 is 19.9 Å². The SMILES string of the molecule is COc1cc(CNCCO)ccc1OCCC(C)C. The summed E-state index contributed by atoms with van der Waals surface area (Å²) in [5.74, 6) is 2.18. The zero-order valence-corrected chi connectivity index (χ0v) is 12.1. The largest absolute Gasteiger partial charge is 0.493 e. The summed E-state index contributed by atoms with van der Waals surface area (Å²) < 4.78 is 11.1. The molecule has 0 bridgehead atoms. The lowest BCUT2D eigenvalue weighted by atomic mass is 10.1. The molecular weight excluding hydrogens is 242 g/mol. The fraction of sp³-hybridized carbons (Fsp3) is 0.600. The van der Waals surface area contributed by atoms with Gasteiger partial charge in [0.15, 0.2) is 11.5 Å². The standard InChI is InChI=1S/C15H25NO3/c1-12(2)6-9-19-14-5-4-13(10-15(14)18-3)11-16-7-8-17/h4-5,10,12,16-17H,6-9,11H2,1-3H3. The van der Waals surface area contributed by atoms with Crippen molar-refractivity contribution in [2.45, 2.75) is 26.8 Å². The third-order valence-corrected chi connectivity index (χ3v) is 2.80. The molecule has 0 heterocycles. The summed E-state index contributed by atoms with van der Waals surface area (Å²) in [7, 11) is 1.65. The Morgan fingerprint density at radius 3 is 2.68 bits per heavy atom. The molecule has 0 aliphatic carbocycles. The Hall–Kier alpha value is -1.26. The Labute approximate surface area is 115 Å². The number of ether oxygens (including phenoxy) is 2. The molecule has 0 fully saturated rings. The van der Waals surface area contributed by atoms with Crippen molar-refractivity contribution in [1.29, 1.82) is 0 Å². The molecule has 0 amide bonds. The van der Waals surface area contributed by atoms with Crippen LogP contribution in [0.3, 0.4) is 0 Å². The van der Waals surface area contributed by atoms with E-state index in [0.717, 1.165) is 23.5 Å². The second-order valence-corrected chi connectivity index (χ2v) is 4.92. The van der Waals surface area contributed by atoms with E-state index in [4.69, 9.17) is 14.6 Å². The predicted molar refractivity (Wildman–Crippen MR) is 76.7 cm³/mol. The molecule has 0 spiro atoms. The molecule has 0 saturated heterocycles. The Morgan fingerprint density at radius 2 is 2.05 bits per heavy atom. The van der Waals surface area contributed by atoms with Gasteiger partial charge in [-0.25, -0.2) is 0 Å². The highest BCUT2D eigenvalue weighted by Crippen LogP contribution is 2.28. The van der Waals surface area contributed by atoms with Gasteiger partial charge in [0.05, 0.1) is 20.3 Å². The highest BCUT2D eigenvalue weighted by atomic mass is 16.5. The third kappa shape index (κ3) is 5.94. The minimum Gasteiger partial charge on any atom is -0.493 e. The summed E-state index contributed by atoms with van der Waals surface area (Å²) in [5.41, 5.74) is 1.11. The number of hydrogen-bond acceptors (Lipinski definition) is 4. The molecule has 0 aromatic heterocycles. The maximum absolute atomic E-state index is 8.72. The van der Waals surface area contributed by atoms with E-state index >= 15 is 0 Å². The van der Waals surface area contributed by atoms with Gasteiger partial charge in [0, 0.05) is 13.1 Å². The van der Waals surface area contributed by atoms with E-state index in [1.54, 1.807) is 7.11 Å². The van der Waals surface area contributed by atoms with Gasteiger partial charge in [-0.05, 0) is 30.0 Å². The summed E-state index contributed by atoms with van der Waals surface area (Å²) in [6.45, 7) is 6.51. The fourth-order valence-electron chi connectivity index (χ4n) is 1.66. The fourth-order valence-corrected chi connectivity index (χ4v) is 1.66. The first-order valence-corrected chi connectivity index (χ1v) is 6.78. The Morgan fingerprint density at radius 1 is 1.26 bits per heavy atom. The number of rotatable bonds is 9. The Kier molecular flexibility index (Phi) is 7.30. The van der Waals surface area contributed by atoms with Crippen LogP contribution in [-0.2, 0) is 6.54 Å². The van der Waals surface area contributed by atoms with Crippen LogP contribution in [0.2, 0.25) is 0 Å². The predicted octanol–water partition coefficient (Wildman–Crippen LogP) is 2.20. The first-order valence-electron chi connectivity index (χ1n) is 6.78. The number of benzene rings is 1. The maximum atomic E-state index is 8.72. The molecule has 0 radical (unpaired) electrons. The van der Waals surface area contributed by atoms with Crippen molar-refractivity contribution in [3.05, 3.63) is 23.8 Å². The van der Waals surface area contributed by atoms with E-state index in [1.165, 1.54) is 0 Å². The minimum atomic E-state index is 0.146. The van der Waals surface area contributed by atoms with Crippen molar-refractivity contribution >= 4 is 0 Å². The van der Waals surface area contributed by atoms with Crippen LogP contribution in [0, 0.1) is 5.92 Å². The monoisotopic (exact) mass is 267 g/mol. The molecule has 4 heteroatoms. The Balaban J connectivity index is 2.57. The minimum absolute atomic E-state index is 0.146. The molecule has 1 aromatic carbocycles. The number of methoxy groups -OCH3 is 1. The zero-order chi connectivity index (χ0) is 14.1. The Bertz CT molecular complexity index is 366. The molecule has 0 unspecified atom stereocenters. The highest BCUT2D eigenvalue weighted by molar-refractivity contribution is 5.42. The number of aliphatic hydroxyl groups excluding tert-OH is 1. The summed E-state index contributed by atoms with van der Waals surface area (Å²) in [6, 6.07) is 5.92. The van der Waals surface area contributed by atoms with Gasteiger partial charge in [-0.1, -0.05) is 19.9 Å². The molecule has 0 atom stereocenters. The molecule has 108 valence electrons. The van der Waals surface area contributed by atoms with E-state index < -0.39 is 0 Å². The van der Waals surface area contributed by atoms with Crippen LogP contribution in [0.5, 0.6) is 11.5 Å².